The summed E-state index contributed by atoms with van der Waals surface area (Å²) in [6.45, 7) is 6.13. The second-order valence-corrected chi connectivity index (χ2v) is 3.32. The normalized spacial score (nSPS) is 10.5. The highest BCUT2D eigenvalue weighted by atomic mass is 16.5. The van der Waals surface area contributed by atoms with Crippen molar-refractivity contribution in [1.82, 2.24) is 9.78 Å². The van der Waals surface area contributed by atoms with Crippen LogP contribution >= 0.6 is 0 Å². The average Bonchev–Trinajstić information content (AvgIpc) is 2.72. The van der Waals surface area contributed by atoms with Crippen LogP contribution < -0.4 is 0 Å². The Kier molecular flexibility index (Phi) is 5.04. The lowest BCUT2D eigenvalue weighted by Gasteiger charge is -2.01. The van der Waals surface area contributed by atoms with Crippen molar-refractivity contribution in [1.29, 1.82) is 0 Å². The molecule has 84 valence electrons. The molecule has 0 aliphatic rings. The van der Waals surface area contributed by atoms with Crippen LogP contribution in [0.25, 0.3) is 0 Å². The number of aromatic nitrogens is 2. The standard InChI is InChI=1S/C11H18N2O2/c1-3-11(14)10-8-12-13(9-10)6-5-7-15-4-2/h8-9H,3-7H2,1-2H3. The van der Waals surface area contributed by atoms with Crippen molar-refractivity contribution >= 4 is 5.78 Å². The molecule has 1 aromatic heterocycles. The van der Waals surface area contributed by atoms with Gasteiger partial charge >= 0.3 is 0 Å². The highest BCUT2D eigenvalue weighted by Crippen LogP contribution is 2.02. The molecule has 0 radical (unpaired) electrons. The summed E-state index contributed by atoms with van der Waals surface area (Å²) >= 11 is 0. The number of carbonyl (C=O) groups excluding carboxylic acids is 1. The molecule has 1 aromatic rings. The average molecular weight is 210 g/mol. The third-order valence-corrected chi connectivity index (χ3v) is 2.16. The Labute approximate surface area is 90.2 Å². The molecule has 0 unspecified atom stereocenters. The fraction of sp³-hybridized carbons (Fsp3) is 0.636. The molecule has 1 rings (SSSR count). The van der Waals surface area contributed by atoms with Crippen molar-refractivity contribution < 1.29 is 9.53 Å². The molecule has 4 heteroatoms. The predicted octanol–water partition coefficient (Wildman–Crippen LogP) is 1.90. The van der Waals surface area contributed by atoms with Crippen molar-refractivity contribution in [2.45, 2.75) is 33.2 Å². The Balaban J connectivity index is 2.36. The van der Waals surface area contributed by atoms with E-state index in [1.54, 1.807) is 17.1 Å². The number of nitrogens with zero attached hydrogens (tertiary/aromatic N) is 2. The first-order valence-electron chi connectivity index (χ1n) is 5.41. The van der Waals surface area contributed by atoms with Gasteiger partial charge in [0.15, 0.2) is 5.78 Å². The quantitative estimate of drug-likeness (QED) is 0.510. The lowest BCUT2D eigenvalue weighted by Crippen LogP contribution is -2.03. The van der Waals surface area contributed by atoms with Crippen molar-refractivity contribution in [3.8, 4) is 0 Å². The van der Waals surface area contributed by atoms with E-state index in [2.05, 4.69) is 5.10 Å². The van der Waals surface area contributed by atoms with E-state index in [9.17, 15) is 4.79 Å². The zero-order chi connectivity index (χ0) is 11.1. The first-order valence-corrected chi connectivity index (χ1v) is 5.41. The Hall–Kier alpha value is -1.16. The van der Waals surface area contributed by atoms with E-state index in [0.717, 1.165) is 26.2 Å². The minimum Gasteiger partial charge on any atom is -0.382 e. The Morgan fingerprint density at radius 2 is 2.33 bits per heavy atom. The molecule has 0 aliphatic carbocycles. The second-order valence-electron chi connectivity index (χ2n) is 3.32. The third-order valence-electron chi connectivity index (χ3n) is 2.16. The molecule has 4 nitrogen and oxygen atoms in total. The zero-order valence-electron chi connectivity index (χ0n) is 9.40. The highest BCUT2D eigenvalue weighted by molar-refractivity contribution is 5.95. The molecule has 0 aromatic carbocycles. The number of hydrogen-bond acceptors (Lipinski definition) is 3. The van der Waals surface area contributed by atoms with Gasteiger partial charge in [0.25, 0.3) is 0 Å². The SMILES string of the molecule is CCOCCCn1cc(C(=O)CC)cn1. The van der Waals surface area contributed by atoms with E-state index in [4.69, 9.17) is 4.74 Å². The number of Topliss-reactive ketones (excluding diaryl/α,β-unsaturated/α-hetero) is 1. The van der Waals surface area contributed by atoms with Gasteiger partial charge in [0.1, 0.15) is 0 Å². The van der Waals surface area contributed by atoms with Crippen LogP contribution in [0.2, 0.25) is 0 Å². The van der Waals surface area contributed by atoms with Gasteiger partial charge in [-0.25, -0.2) is 0 Å². The number of ketones is 1. The van der Waals surface area contributed by atoms with Crippen molar-refractivity contribution in [2.24, 2.45) is 0 Å². The number of ether oxygens (including phenoxy) is 1. The van der Waals surface area contributed by atoms with Crippen LogP contribution in [0.3, 0.4) is 0 Å². The monoisotopic (exact) mass is 210 g/mol. The number of hydrogen-bond donors (Lipinski definition) is 0. The van der Waals surface area contributed by atoms with Crippen LogP contribution in [0.5, 0.6) is 0 Å². The summed E-state index contributed by atoms with van der Waals surface area (Å²) < 4.78 is 7.02. The van der Waals surface area contributed by atoms with E-state index < -0.39 is 0 Å². The fourth-order valence-corrected chi connectivity index (χ4v) is 1.31. The maximum absolute atomic E-state index is 11.3. The van der Waals surface area contributed by atoms with Crippen LogP contribution in [-0.2, 0) is 11.3 Å². The van der Waals surface area contributed by atoms with E-state index in [1.807, 2.05) is 13.8 Å². The van der Waals surface area contributed by atoms with Crippen LogP contribution in [0.1, 0.15) is 37.0 Å². The minimum absolute atomic E-state index is 0.144. The molecule has 0 fully saturated rings. The van der Waals surface area contributed by atoms with Crippen LogP contribution in [-0.4, -0.2) is 28.8 Å². The molecule has 1 heterocycles. The summed E-state index contributed by atoms with van der Waals surface area (Å²) in [5.74, 6) is 0.144. The third kappa shape index (κ3) is 3.83. The van der Waals surface area contributed by atoms with E-state index >= 15 is 0 Å². The summed E-state index contributed by atoms with van der Waals surface area (Å²) in [4.78, 5) is 11.3. The van der Waals surface area contributed by atoms with Crippen molar-refractivity contribution in [3.05, 3.63) is 18.0 Å². The van der Waals surface area contributed by atoms with E-state index in [0.29, 0.717) is 12.0 Å². The van der Waals surface area contributed by atoms with Crippen molar-refractivity contribution in [3.63, 3.8) is 0 Å². The second kappa shape index (κ2) is 6.35. The molecule has 15 heavy (non-hydrogen) atoms. The molecular formula is C11H18N2O2. The highest BCUT2D eigenvalue weighted by Gasteiger charge is 2.05. The summed E-state index contributed by atoms with van der Waals surface area (Å²) in [6, 6.07) is 0. The molecule has 0 N–H and O–H groups in total. The number of rotatable bonds is 7. The van der Waals surface area contributed by atoms with Gasteiger partial charge in [0, 0.05) is 32.4 Å². The number of carbonyl (C=O) groups is 1. The number of aryl methyl sites for hydroxylation is 1. The van der Waals surface area contributed by atoms with Gasteiger partial charge in [0.2, 0.25) is 0 Å². The molecular weight excluding hydrogens is 192 g/mol. The fourth-order valence-electron chi connectivity index (χ4n) is 1.31. The lowest BCUT2D eigenvalue weighted by molar-refractivity contribution is 0.0988. The molecule has 0 atom stereocenters. The first-order chi connectivity index (χ1) is 7.27. The molecule has 0 amide bonds. The van der Waals surface area contributed by atoms with E-state index in [1.165, 1.54) is 0 Å². The molecule has 0 bridgehead atoms. The summed E-state index contributed by atoms with van der Waals surface area (Å²) in [7, 11) is 0. The van der Waals surface area contributed by atoms with Gasteiger partial charge in [-0.3, -0.25) is 9.48 Å². The van der Waals surface area contributed by atoms with Gasteiger partial charge in [-0.2, -0.15) is 5.10 Å². The van der Waals surface area contributed by atoms with Gasteiger partial charge < -0.3 is 4.74 Å². The Morgan fingerprint density at radius 3 is 3.00 bits per heavy atom. The molecule has 0 aliphatic heterocycles. The van der Waals surface area contributed by atoms with Gasteiger partial charge in [0.05, 0.1) is 11.8 Å². The zero-order valence-corrected chi connectivity index (χ0v) is 9.40. The van der Waals surface area contributed by atoms with Crippen LogP contribution in [0.15, 0.2) is 12.4 Å². The minimum atomic E-state index is 0.144. The first kappa shape index (κ1) is 11.9. The van der Waals surface area contributed by atoms with Crippen molar-refractivity contribution in [2.75, 3.05) is 13.2 Å². The van der Waals surface area contributed by atoms with Gasteiger partial charge in [-0.05, 0) is 13.3 Å². The Bertz CT molecular complexity index is 307. The smallest absolute Gasteiger partial charge is 0.165 e. The van der Waals surface area contributed by atoms with Gasteiger partial charge in [-0.1, -0.05) is 6.92 Å². The lowest BCUT2D eigenvalue weighted by atomic mass is 10.2. The topological polar surface area (TPSA) is 44.1 Å². The maximum atomic E-state index is 11.3. The summed E-state index contributed by atoms with van der Waals surface area (Å²) in [5, 5.41) is 4.12. The summed E-state index contributed by atoms with van der Waals surface area (Å²) in [6.07, 6.45) is 4.89. The summed E-state index contributed by atoms with van der Waals surface area (Å²) in [5.41, 5.74) is 0.703. The Morgan fingerprint density at radius 1 is 1.53 bits per heavy atom. The molecule has 0 spiro atoms. The maximum Gasteiger partial charge on any atom is 0.165 e. The van der Waals surface area contributed by atoms with Gasteiger partial charge in [-0.15, -0.1) is 0 Å². The molecule has 0 saturated carbocycles. The predicted molar refractivity (Wildman–Crippen MR) is 58.0 cm³/mol. The molecule has 0 saturated heterocycles. The largest absolute Gasteiger partial charge is 0.382 e. The van der Waals surface area contributed by atoms with Crippen LogP contribution in [0.4, 0.5) is 0 Å². The van der Waals surface area contributed by atoms with Crippen LogP contribution in [0, 0.1) is 0 Å². The van der Waals surface area contributed by atoms with E-state index in [-0.39, 0.29) is 5.78 Å².